The predicted molar refractivity (Wildman–Crippen MR) is 60.4 cm³/mol. The van der Waals surface area contributed by atoms with Crippen molar-refractivity contribution in [3.05, 3.63) is 18.0 Å². The van der Waals surface area contributed by atoms with E-state index >= 15 is 0 Å². The Labute approximate surface area is 95.6 Å². The molecule has 0 amide bonds. The minimum Gasteiger partial charge on any atom is -0.370 e. The van der Waals surface area contributed by atoms with E-state index in [0.717, 1.165) is 25.7 Å². The molecule has 0 aromatic carbocycles. The molecule has 0 spiro atoms. The Balaban J connectivity index is 2.30. The summed E-state index contributed by atoms with van der Waals surface area (Å²) in [7, 11) is 1.63. The SMILES string of the molecule is CCn1nccc1C(=O)C1(OC)CCCC1. The number of hydrogen-bond donors (Lipinski definition) is 0. The van der Waals surface area contributed by atoms with Crippen molar-refractivity contribution in [1.29, 1.82) is 0 Å². The van der Waals surface area contributed by atoms with Crippen molar-refractivity contribution in [2.45, 2.75) is 44.8 Å². The molecule has 2 rings (SSSR count). The number of aromatic nitrogens is 2. The number of ether oxygens (including phenoxy) is 1. The summed E-state index contributed by atoms with van der Waals surface area (Å²) >= 11 is 0. The maximum absolute atomic E-state index is 12.5. The summed E-state index contributed by atoms with van der Waals surface area (Å²) in [5, 5.41) is 4.13. The van der Waals surface area contributed by atoms with E-state index in [9.17, 15) is 4.79 Å². The second-order valence-electron chi connectivity index (χ2n) is 4.27. The van der Waals surface area contributed by atoms with Crippen LogP contribution in [0, 0.1) is 0 Å². The first kappa shape index (κ1) is 11.3. The van der Waals surface area contributed by atoms with Crippen molar-refractivity contribution in [3.63, 3.8) is 0 Å². The van der Waals surface area contributed by atoms with Crippen LogP contribution in [0.1, 0.15) is 43.1 Å². The lowest BCUT2D eigenvalue weighted by Crippen LogP contribution is -2.39. The molecule has 0 unspecified atom stereocenters. The van der Waals surface area contributed by atoms with Crippen LogP contribution in [0.5, 0.6) is 0 Å². The van der Waals surface area contributed by atoms with Gasteiger partial charge in [-0.2, -0.15) is 5.10 Å². The second kappa shape index (κ2) is 4.37. The minimum absolute atomic E-state index is 0.0897. The topological polar surface area (TPSA) is 44.1 Å². The van der Waals surface area contributed by atoms with E-state index < -0.39 is 5.60 Å². The average Bonchev–Trinajstić information content (AvgIpc) is 2.97. The van der Waals surface area contributed by atoms with Crippen LogP contribution in [0.25, 0.3) is 0 Å². The van der Waals surface area contributed by atoms with Gasteiger partial charge in [0, 0.05) is 19.9 Å². The van der Waals surface area contributed by atoms with Crippen LogP contribution in [-0.4, -0.2) is 28.3 Å². The molecule has 4 nitrogen and oxygen atoms in total. The van der Waals surface area contributed by atoms with Crippen molar-refractivity contribution in [3.8, 4) is 0 Å². The monoisotopic (exact) mass is 222 g/mol. The molecule has 1 saturated carbocycles. The lowest BCUT2D eigenvalue weighted by Gasteiger charge is -2.25. The minimum atomic E-state index is -0.590. The highest BCUT2D eigenvalue weighted by Gasteiger charge is 2.42. The largest absolute Gasteiger partial charge is 0.370 e. The molecule has 0 aliphatic heterocycles. The predicted octanol–water partition coefficient (Wildman–Crippen LogP) is 2.04. The molecule has 0 radical (unpaired) electrons. The van der Waals surface area contributed by atoms with Crippen molar-refractivity contribution < 1.29 is 9.53 Å². The summed E-state index contributed by atoms with van der Waals surface area (Å²) in [5.74, 6) is 0.0897. The van der Waals surface area contributed by atoms with E-state index in [1.54, 1.807) is 24.1 Å². The fourth-order valence-electron chi connectivity index (χ4n) is 2.48. The third-order valence-corrected chi connectivity index (χ3v) is 3.46. The van der Waals surface area contributed by atoms with Crippen LogP contribution in [0.4, 0.5) is 0 Å². The molecule has 4 heteroatoms. The summed E-state index contributed by atoms with van der Waals surface area (Å²) in [5.41, 5.74) is 0.0821. The highest BCUT2D eigenvalue weighted by atomic mass is 16.5. The number of hydrogen-bond acceptors (Lipinski definition) is 3. The number of Topliss-reactive ketones (excluding diaryl/α,β-unsaturated/α-hetero) is 1. The highest BCUT2D eigenvalue weighted by Crippen LogP contribution is 2.35. The first-order chi connectivity index (χ1) is 7.73. The average molecular weight is 222 g/mol. The van der Waals surface area contributed by atoms with Gasteiger partial charge in [0.25, 0.3) is 0 Å². The summed E-state index contributed by atoms with van der Waals surface area (Å²) in [6.45, 7) is 2.70. The summed E-state index contributed by atoms with van der Waals surface area (Å²) < 4.78 is 7.23. The van der Waals surface area contributed by atoms with Crippen LogP contribution in [0.3, 0.4) is 0 Å². The van der Waals surface area contributed by atoms with E-state index in [4.69, 9.17) is 4.74 Å². The molecular formula is C12H18N2O2. The normalized spacial score (nSPS) is 18.9. The van der Waals surface area contributed by atoms with Crippen LogP contribution in [-0.2, 0) is 11.3 Å². The van der Waals surface area contributed by atoms with E-state index in [0.29, 0.717) is 12.2 Å². The lowest BCUT2D eigenvalue weighted by atomic mass is 9.94. The molecule has 1 fully saturated rings. The maximum Gasteiger partial charge on any atom is 0.212 e. The first-order valence-corrected chi connectivity index (χ1v) is 5.85. The van der Waals surface area contributed by atoms with Gasteiger partial charge < -0.3 is 4.74 Å². The second-order valence-corrected chi connectivity index (χ2v) is 4.27. The van der Waals surface area contributed by atoms with Gasteiger partial charge in [-0.3, -0.25) is 9.48 Å². The number of carbonyl (C=O) groups excluding carboxylic acids is 1. The Morgan fingerprint density at radius 3 is 2.81 bits per heavy atom. The smallest absolute Gasteiger partial charge is 0.212 e. The third-order valence-electron chi connectivity index (χ3n) is 3.46. The number of rotatable bonds is 4. The highest BCUT2D eigenvalue weighted by molar-refractivity contribution is 6.01. The molecule has 1 heterocycles. The summed E-state index contributed by atoms with van der Waals surface area (Å²) in [6.07, 6.45) is 5.48. The molecule has 1 aliphatic carbocycles. The van der Waals surface area contributed by atoms with Crippen LogP contribution < -0.4 is 0 Å². The molecule has 0 atom stereocenters. The van der Waals surface area contributed by atoms with Gasteiger partial charge in [0.1, 0.15) is 11.3 Å². The molecule has 1 aromatic rings. The number of ketones is 1. The zero-order chi connectivity index (χ0) is 11.6. The fourth-order valence-corrected chi connectivity index (χ4v) is 2.48. The Kier molecular flexibility index (Phi) is 3.10. The number of nitrogens with zero attached hydrogens (tertiary/aromatic N) is 2. The van der Waals surface area contributed by atoms with Gasteiger partial charge in [0.15, 0.2) is 0 Å². The van der Waals surface area contributed by atoms with Crippen molar-refractivity contribution in [2.75, 3.05) is 7.11 Å². The number of methoxy groups -OCH3 is 1. The van der Waals surface area contributed by atoms with Gasteiger partial charge in [-0.25, -0.2) is 0 Å². The lowest BCUT2D eigenvalue weighted by molar-refractivity contribution is 0.00515. The van der Waals surface area contributed by atoms with E-state index in [1.165, 1.54) is 0 Å². The standard InChI is InChI=1S/C12H18N2O2/c1-3-14-10(6-9-13-14)11(15)12(16-2)7-4-5-8-12/h6,9H,3-5,7-8H2,1-2H3. The molecule has 16 heavy (non-hydrogen) atoms. The first-order valence-electron chi connectivity index (χ1n) is 5.85. The molecule has 1 aliphatic rings. The van der Waals surface area contributed by atoms with Crippen molar-refractivity contribution >= 4 is 5.78 Å². The molecular weight excluding hydrogens is 204 g/mol. The maximum atomic E-state index is 12.5. The van der Waals surface area contributed by atoms with Crippen molar-refractivity contribution in [1.82, 2.24) is 9.78 Å². The Morgan fingerprint density at radius 1 is 1.56 bits per heavy atom. The molecule has 1 aromatic heterocycles. The van der Waals surface area contributed by atoms with Crippen LogP contribution in [0.15, 0.2) is 12.3 Å². The van der Waals surface area contributed by atoms with Gasteiger partial charge in [0.2, 0.25) is 5.78 Å². The fraction of sp³-hybridized carbons (Fsp3) is 0.667. The van der Waals surface area contributed by atoms with Crippen LogP contribution >= 0.6 is 0 Å². The molecule has 0 N–H and O–H groups in total. The number of carbonyl (C=O) groups is 1. The van der Waals surface area contributed by atoms with E-state index in [2.05, 4.69) is 5.10 Å². The Bertz CT molecular complexity index is 378. The van der Waals surface area contributed by atoms with Gasteiger partial charge in [-0.1, -0.05) is 0 Å². The Morgan fingerprint density at radius 2 is 2.25 bits per heavy atom. The zero-order valence-corrected chi connectivity index (χ0v) is 9.90. The van der Waals surface area contributed by atoms with Gasteiger partial charge in [-0.05, 0) is 38.7 Å². The van der Waals surface area contributed by atoms with E-state index in [-0.39, 0.29) is 5.78 Å². The number of aryl methyl sites for hydroxylation is 1. The van der Waals surface area contributed by atoms with E-state index in [1.807, 2.05) is 6.92 Å². The third kappa shape index (κ3) is 1.67. The Hall–Kier alpha value is -1.16. The molecule has 0 saturated heterocycles. The van der Waals surface area contributed by atoms with Gasteiger partial charge in [0.05, 0.1) is 0 Å². The summed E-state index contributed by atoms with van der Waals surface area (Å²) in [6, 6.07) is 1.78. The zero-order valence-electron chi connectivity index (χ0n) is 9.90. The molecule has 0 bridgehead atoms. The van der Waals surface area contributed by atoms with Gasteiger partial charge >= 0.3 is 0 Å². The van der Waals surface area contributed by atoms with Gasteiger partial charge in [-0.15, -0.1) is 0 Å². The quantitative estimate of drug-likeness (QED) is 0.732. The van der Waals surface area contributed by atoms with Crippen LogP contribution in [0.2, 0.25) is 0 Å². The molecule has 88 valence electrons. The summed E-state index contributed by atoms with van der Waals surface area (Å²) in [4.78, 5) is 12.5. The van der Waals surface area contributed by atoms with Crippen molar-refractivity contribution in [2.24, 2.45) is 0 Å².